The van der Waals surface area contributed by atoms with Crippen molar-refractivity contribution in [2.45, 2.75) is 13.1 Å². The third-order valence-electron chi connectivity index (χ3n) is 1.55. The highest BCUT2D eigenvalue weighted by Crippen LogP contribution is 2.04. The van der Waals surface area contributed by atoms with Gasteiger partial charge >= 0.3 is 0 Å². The van der Waals surface area contributed by atoms with E-state index < -0.39 is 0 Å². The molecule has 0 aliphatic heterocycles. The third-order valence-corrected chi connectivity index (χ3v) is 2.96. The molecule has 2 rings (SSSR count). The molecule has 0 unspecified atom stereocenters. The molecule has 0 atom stereocenters. The van der Waals surface area contributed by atoms with Crippen LogP contribution >= 0.6 is 22.7 Å². The maximum atomic E-state index is 4.17. The Balaban J connectivity index is 1.76. The van der Waals surface area contributed by atoms with Crippen molar-refractivity contribution in [1.29, 1.82) is 0 Å². The highest BCUT2D eigenvalue weighted by atomic mass is 32.1. The zero-order chi connectivity index (χ0) is 8.93. The van der Waals surface area contributed by atoms with E-state index in [4.69, 9.17) is 0 Å². The number of rotatable bonds is 4. The van der Waals surface area contributed by atoms with E-state index in [1.807, 2.05) is 17.1 Å². The van der Waals surface area contributed by atoms with Gasteiger partial charge in [-0.25, -0.2) is 9.97 Å². The fraction of sp³-hybridized carbons (Fsp3) is 0.250. The van der Waals surface area contributed by atoms with Crippen LogP contribution in [0.4, 0.5) is 0 Å². The summed E-state index contributed by atoms with van der Waals surface area (Å²) in [5, 5.41) is 8.44. The fourth-order valence-corrected chi connectivity index (χ4v) is 2.11. The van der Waals surface area contributed by atoms with Crippen LogP contribution in [0.5, 0.6) is 0 Å². The van der Waals surface area contributed by atoms with E-state index >= 15 is 0 Å². The van der Waals surface area contributed by atoms with Gasteiger partial charge in [-0.2, -0.15) is 0 Å². The zero-order valence-corrected chi connectivity index (χ0v) is 8.57. The molecule has 2 aromatic rings. The van der Waals surface area contributed by atoms with Crippen molar-refractivity contribution < 1.29 is 0 Å². The summed E-state index contributed by atoms with van der Waals surface area (Å²) >= 11 is 3.29. The number of aromatic nitrogens is 2. The van der Waals surface area contributed by atoms with Gasteiger partial charge in [-0.1, -0.05) is 0 Å². The van der Waals surface area contributed by atoms with E-state index in [9.17, 15) is 0 Å². The first kappa shape index (κ1) is 8.80. The molecule has 0 aliphatic rings. The second kappa shape index (κ2) is 4.45. The highest BCUT2D eigenvalue weighted by Gasteiger charge is 1.96. The quantitative estimate of drug-likeness (QED) is 0.839. The first-order chi connectivity index (χ1) is 6.45. The average molecular weight is 211 g/mol. The van der Waals surface area contributed by atoms with Gasteiger partial charge in [0.2, 0.25) is 0 Å². The summed E-state index contributed by atoms with van der Waals surface area (Å²) in [4.78, 5) is 8.35. The van der Waals surface area contributed by atoms with Crippen LogP contribution in [0.3, 0.4) is 0 Å². The number of hydrogen-bond donors (Lipinski definition) is 1. The van der Waals surface area contributed by atoms with E-state index in [0.29, 0.717) is 0 Å². The minimum Gasteiger partial charge on any atom is -0.305 e. The van der Waals surface area contributed by atoms with Crippen LogP contribution in [-0.4, -0.2) is 9.97 Å². The van der Waals surface area contributed by atoms with Gasteiger partial charge in [0.1, 0.15) is 5.01 Å². The molecular formula is C8H9N3S2. The number of hydrogen-bond acceptors (Lipinski definition) is 5. The second-order valence-corrected chi connectivity index (χ2v) is 4.21. The second-order valence-electron chi connectivity index (χ2n) is 2.51. The van der Waals surface area contributed by atoms with E-state index in [1.165, 1.54) is 0 Å². The highest BCUT2D eigenvalue weighted by molar-refractivity contribution is 7.09. The van der Waals surface area contributed by atoms with Crippen LogP contribution in [0.15, 0.2) is 22.5 Å². The average Bonchev–Trinajstić information content (AvgIpc) is 2.75. The molecule has 68 valence electrons. The predicted octanol–water partition coefficient (Wildman–Crippen LogP) is 1.89. The Kier molecular flexibility index (Phi) is 3.02. The summed E-state index contributed by atoms with van der Waals surface area (Å²) in [5.74, 6) is 0. The van der Waals surface area contributed by atoms with E-state index in [0.717, 1.165) is 23.8 Å². The molecule has 5 heteroatoms. The normalized spacial score (nSPS) is 10.5. The van der Waals surface area contributed by atoms with Gasteiger partial charge < -0.3 is 5.32 Å². The van der Waals surface area contributed by atoms with Crippen molar-refractivity contribution in [2.75, 3.05) is 0 Å². The van der Waals surface area contributed by atoms with Crippen molar-refractivity contribution in [3.8, 4) is 0 Å². The maximum absolute atomic E-state index is 4.17. The van der Waals surface area contributed by atoms with E-state index in [2.05, 4.69) is 20.7 Å². The smallest absolute Gasteiger partial charge is 0.106 e. The van der Waals surface area contributed by atoms with Gasteiger partial charge in [0, 0.05) is 30.0 Å². The van der Waals surface area contributed by atoms with Crippen LogP contribution < -0.4 is 5.32 Å². The summed E-state index contributed by atoms with van der Waals surface area (Å²) in [6, 6.07) is 0. The molecule has 0 aromatic carbocycles. The summed E-state index contributed by atoms with van der Waals surface area (Å²) in [7, 11) is 0. The molecule has 3 nitrogen and oxygen atoms in total. The SMILES string of the molecule is c1csc(CNCc2cscn2)n1. The topological polar surface area (TPSA) is 37.8 Å². The monoisotopic (exact) mass is 211 g/mol. The lowest BCUT2D eigenvalue weighted by molar-refractivity contribution is 0.679. The van der Waals surface area contributed by atoms with Gasteiger partial charge in [0.15, 0.2) is 0 Å². The summed E-state index contributed by atoms with van der Waals surface area (Å²) < 4.78 is 0. The Labute approximate surface area is 84.5 Å². The number of thiazole rings is 2. The molecule has 0 radical (unpaired) electrons. The number of nitrogens with zero attached hydrogens (tertiary/aromatic N) is 2. The Morgan fingerprint density at radius 3 is 3.00 bits per heavy atom. The largest absolute Gasteiger partial charge is 0.305 e. The van der Waals surface area contributed by atoms with Crippen molar-refractivity contribution in [3.63, 3.8) is 0 Å². The zero-order valence-electron chi connectivity index (χ0n) is 6.93. The molecule has 0 aliphatic carbocycles. The van der Waals surface area contributed by atoms with Crippen molar-refractivity contribution in [3.05, 3.63) is 33.2 Å². The van der Waals surface area contributed by atoms with Crippen molar-refractivity contribution >= 4 is 22.7 Å². The molecule has 2 aromatic heterocycles. The van der Waals surface area contributed by atoms with Crippen LogP contribution in [-0.2, 0) is 13.1 Å². The molecule has 13 heavy (non-hydrogen) atoms. The lowest BCUT2D eigenvalue weighted by Gasteiger charge is -1.97. The summed E-state index contributed by atoms with van der Waals surface area (Å²) in [6.07, 6.45) is 1.82. The summed E-state index contributed by atoms with van der Waals surface area (Å²) in [5.41, 5.74) is 2.95. The van der Waals surface area contributed by atoms with Crippen LogP contribution in [0.1, 0.15) is 10.7 Å². The molecule has 0 amide bonds. The van der Waals surface area contributed by atoms with Crippen LogP contribution in [0, 0.1) is 0 Å². The fourth-order valence-electron chi connectivity index (χ4n) is 0.963. The van der Waals surface area contributed by atoms with Crippen molar-refractivity contribution in [1.82, 2.24) is 15.3 Å². The van der Waals surface area contributed by atoms with Gasteiger partial charge in [-0.15, -0.1) is 22.7 Å². The molecule has 1 N–H and O–H groups in total. The van der Waals surface area contributed by atoms with Gasteiger partial charge in [-0.3, -0.25) is 0 Å². The van der Waals surface area contributed by atoms with Gasteiger partial charge in [-0.05, 0) is 0 Å². The Morgan fingerprint density at radius 1 is 1.31 bits per heavy atom. The molecule has 0 saturated heterocycles. The van der Waals surface area contributed by atoms with E-state index in [1.54, 1.807) is 22.7 Å². The van der Waals surface area contributed by atoms with Gasteiger partial charge in [0.05, 0.1) is 11.2 Å². The minimum atomic E-state index is 0.822. The predicted molar refractivity (Wildman–Crippen MR) is 54.8 cm³/mol. The van der Waals surface area contributed by atoms with E-state index in [-0.39, 0.29) is 0 Å². The number of nitrogens with one attached hydrogen (secondary N) is 1. The van der Waals surface area contributed by atoms with Crippen LogP contribution in [0.25, 0.3) is 0 Å². The lowest BCUT2D eigenvalue weighted by Crippen LogP contribution is -2.12. The third kappa shape index (κ3) is 2.58. The summed E-state index contributed by atoms with van der Waals surface area (Å²) in [6.45, 7) is 1.65. The standard InChI is InChI=1S/C8H9N3S2/c1-2-13-8(10-1)4-9-3-7-5-12-6-11-7/h1-2,5-6,9H,3-4H2. The van der Waals surface area contributed by atoms with Crippen molar-refractivity contribution in [2.24, 2.45) is 0 Å². The molecular weight excluding hydrogens is 202 g/mol. The first-order valence-electron chi connectivity index (χ1n) is 3.91. The Morgan fingerprint density at radius 2 is 2.31 bits per heavy atom. The van der Waals surface area contributed by atoms with Gasteiger partial charge in [0.25, 0.3) is 0 Å². The Hall–Kier alpha value is -0.780. The minimum absolute atomic E-state index is 0.822. The first-order valence-corrected chi connectivity index (χ1v) is 5.73. The molecule has 2 heterocycles. The van der Waals surface area contributed by atoms with Crippen LogP contribution in [0.2, 0.25) is 0 Å². The maximum Gasteiger partial charge on any atom is 0.106 e. The molecule has 0 saturated carbocycles. The lowest BCUT2D eigenvalue weighted by atomic mass is 10.5. The molecule has 0 spiro atoms. The Bertz CT molecular complexity index is 294. The molecule has 0 bridgehead atoms. The molecule has 0 fully saturated rings.